The zero-order valence-corrected chi connectivity index (χ0v) is 15.8. The Kier molecular flexibility index (Phi) is 4.01. The number of aromatic nitrogens is 1. The summed E-state index contributed by atoms with van der Waals surface area (Å²) in [7, 11) is 0. The van der Waals surface area contributed by atoms with Crippen LogP contribution in [0.25, 0.3) is 10.2 Å². The Hall–Kier alpha value is -2.70. The van der Waals surface area contributed by atoms with Crippen molar-refractivity contribution in [3.05, 3.63) is 70.0 Å². The van der Waals surface area contributed by atoms with Gasteiger partial charge in [-0.3, -0.25) is 5.73 Å². The van der Waals surface area contributed by atoms with E-state index in [9.17, 15) is 0 Å². The van der Waals surface area contributed by atoms with E-state index in [1.807, 2.05) is 29.8 Å². The fraction of sp³-hybridized carbons (Fsp3) is 0.200. The number of fused-ring (bicyclic) bond motifs is 1. The van der Waals surface area contributed by atoms with Gasteiger partial charge in [-0.15, -0.1) is 11.3 Å². The minimum atomic E-state index is -1.01. The second-order valence-corrected chi connectivity index (χ2v) is 7.57. The number of aryl methyl sites for hydroxylation is 3. The average molecular weight is 363 g/mol. The van der Waals surface area contributed by atoms with Crippen molar-refractivity contribution < 1.29 is 0 Å². The van der Waals surface area contributed by atoms with Gasteiger partial charge in [0.2, 0.25) is 5.79 Å². The number of allylic oxidation sites excluding steroid dienone is 1. The number of benzene rings is 2. The molecule has 1 unspecified atom stereocenters. The molecule has 0 radical (unpaired) electrons. The Labute approximate surface area is 156 Å². The first-order valence-corrected chi connectivity index (χ1v) is 9.34. The predicted molar refractivity (Wildman–Crippen MR) is 109 cm³/mol. The van der Waals surface area contributed by atoms with Crippen LogP contribution in [0.2, 0.25) is 0 Å². The Balaban J connectivity index is 1.63. The third-order valence-corrected chi connectivity index (χ3v) is 5.34. The Morgan fingerprint density at radius 2 is 1.88 bits per heavy atom. The molecule has 3 aromatic rings. The van der Waals surface area contributed by atoms with E-state index in [0.29, 0.717) is 0 Å². The largest absolute Gasteiger partial charge is 0.342 e. The first-order valence-electron chi connectivity index (χ1n) is 8.46. The Morgan fingerprint density at radius 3 is 2.65 bits per heavy atom. The highest BCUT2D eigenvalue weighted by Gasteiger charge is 2.29. The summed E-state index contributed by atoms with van der Waals surface area (Å²) >= 11 is 1.60. The molecule has 4 N–H and O–H groups in total. The molecule has 1 aliphatic rings. The number of hydrogen-bond donors (Lipinski definition) is 3. The normalized spacial score (nSPS) is 19.3. The fourth-order valence-corrected chi connectivity index (χ4v) is 4.05. The van der Waals surface area contributed by atoms with Crippen molar-refractivity contribution in [3.8, 4) is 0 Å². The minimum absolute atomic E-state index is 0.821. The van der Waals surface area contributed by atoms with E-state index in [0.717, 1.165) is 27.3 Å². The van der Waals surface area contributed by atoms with Crippen molar-refractivity contribution in [2.75, 3.05) is 5.32 Å². The van der Waals surface area contributed by atoms with E-state index in [1.54, 1.807) is 17.6 Å². The van der Waals surface area contributed by atoms with Crippen molar-refractivity contribution in [1.82, 2.24) is 10.3 Å². The molecule has 26 heavy (non-hydrogen) atoms. The maximum absolute atomic E-state index is 6.58. The lowest BCUT2D eigenvalue weighted by molar-refractivity contribution is 0.399. The van der Waals surface area contributed by atoms with E-state index < -0.39 is 5.79 Å². The van der Waals surface area contributed by atoms with Crippen LogP contribution in [-0.4, -0.2) is 11.2 Å². The topological polar surface area (TPSA) is 75.3 Å². The van der Waals surface area contributed by atoms with Gasteiger partial charge in [-0.2, -0.15) is 0 Å². The first-order chi connectivity index (χ1) is 12.4. The zero-order chi connectivity index (χ0) is 18.3. The zero-order valence-electron chi connectivity index (χ0n) is 15.0. The fourth-order valence-electron chi connectivity index (χ4n) is 3.33. The molecule has 2 aromatic carbocycles. The van der Waals surface area contributed by atoms with Crippen LogP contribution in [0.3, 0.4) is 0 Å². The molecule has 1 atom stereocenters. The number of nitrogens with one attached hydrogen (secondary N) is 2. The molecule has 0 amide bonds. The molecule has 1 aromatic heterocycles. The molecule has 4 rings (SSSR count). The average Bonchev–Trinajstić information content (AvgIpc) is 3.06. The standard InChI is InChI=1S/C20H21N5S/c1-12-8-13(2)19(14(3)9-12)24-18-6-7-23-20(21,25-18)15-4-5-16-17(10-15)26-11-22-16/h4-11,24-25H,21H2,1-3H3. The summed E-state index contributed by atoms with van der Waals surface area (Å²) in [5, 5.41) is 6.81. The SMILES string of the molecule is Cc1cc(C)c(NC2=CC=NC(N)(c3ccc4ncsc4c3)N2)c(C)c1. The molecule has 0 saturated heterocycles. The molecular weight excluding hydrogens is 342 g/mol. The van der Waals surface area contributed by atoms with Gasteiger partial charge in [-0.1, -0.05) is 23.8 Å². The Morgan fingerprint density at radius 1 is 1.12 bits per heavy atom. The lowest BCUT2D eigenvalue weighted by atomic mass is 10.0. The number of thiazole rings is 1. The summed E-state index contributed by atoms with van der Waals surface area (Å²) < 4.78 is 1.10. The molecule has 6 heteroatoms. The molecule has 0 aliphatic carbocycles. The van der Waals surface area contributed by atoms with Crippen molar-refractivity contribution >= 4 is 33.5 Å². The summed E-state index contributed by atoms with van der Waals surface area (Å²) in [5.74, 6) is -0.191. The highest BCUT2D eigenvalue weighted by molar-refractivity contribution is 7.16. The van der Waals surface area contributed by atoms with E-state index in [4.69, 9.17) is 5.73 Å². The number of anilines is 1. The number of nitrogens with zero attached hydrogens (tertiary/aromatic N) is 2. The smallest absolute Gasteiger partial charge is 0.210 e. The van der Waals surface area contributed by atoms with Crippen LogP contribution in [0.1, 0.15) is 22.3 Å². The minimum Gasteiger partial charge on any atom is -0.342 e. The monoisotopic (exact) mass is 363 g/mol. The third kappa shape index (κ3) is 2.98. The highest BCUT2D eigenvalue weighted by Crippen LogP contribution is 2.28. The summed E-state index contributed by atoms with van der Waals surface area (Å²) in [6, 6.07) is 10.3. The summed E-state index contributed by atoms with van der Waals surface area (Å²) in [4.78, 5) is 8.80. The molecule has 1 aliphatic heterocycles. The van der Waals surface area contributed by atoms with Crippen LogP contribution in [0.4, 0.5) is 5.69 Å². The van der Waals surface area contributed by atoms with Crippen LogP contribution >= 0.6 is 11.3 Å². The van der Waals surface area contributed by atoms with Crippen molar-refractivity contribution in [3.63, 3.8) is 0 Å². The molecule has 132 valence electrons. The van der Waals surface area contributed by atoms with Gasteiger partial charge in [0.1, 0.15) is 5.82 Å². The predicted octanol–water partition coefficient (Wildman–Crippen LogP) is 3.92. The molecule has 0 fully saturated rings. The van der Waals surface area contributed by atoms with Gasteiger partial charge in [0.05, 0.1) is 15.7 Å². The second-order valence-electron chi connectivity index (χ2n) is 6.68. The summed E-state index contributed by atoms with van der Waals surface area (Å²) in [5.41, 5.74) is 15.0. The van der Waals surface area contributed by atoms with Gasteiger partial charge in [-0.25, -0.2) is 9.98 Å². The van der Waals surface area contributed by atoms with Gasteiger partial charge in [0, 0.05) is 17.5 Å². The van der Waals surface area contributed by atoms with Crippen LogP contribution in [0.15, 0.2) is 52.7 Å². The molecular formula is C20H21N5S. The number of nitrogens with two attached hydrogens (primary N) is 1. The van der Waals surface area contributed by atoms with Crippen LogP contribution in [-0.2, 0) is 5.79 Å². The van der Waals surface area contributed by atoms with E-state index >= 15 is 0 Å². The molecule has 2 heterocycles. The van der Waals surface area contributed by atoms with Gasteiger partial charge in [-0.05, 0) is 50.1 Å². The molecule has 0 spiro atoms. The highest BCUT2D eigenvalue weighted by atomic mass is 32.1. The molecule has 5 nitrogen and oxygen atoms in total. The quantitative estimate of drug-likeness (QED) is 0.659. The lowest BCUT2D eigenvalue weighted by Gasteiger charge is -2.32. The number of aliphatic imine (C=N–C) groups is 1. The summed E-state index contributed by atoms with van der Waals surface area (Å²) in [6.45, 7) is 6.31. The maximum atomic E-state index is 6.58. The Bertz CT molecular complexity index is 1030. The van der Waals surface area contributed by atoms with Gasteiger partial charge in [0.15, 0.2) is 0 Å². The third-order valence-electron chi connectivity index (χ3n) is 4.55. The van der Waals surface area contributed by atoms with E-state index in [2.05, 4.69) is 53.5 Å². The van der Waals surface area contributed by atoms with Crippen molar-refractivity contribution in [2.45, 2.75) is 26.6 Å². The second kappa shape index (κ2) is 6.23. The number of rotatable bonds is 3. The molecule has 0 saturated carbocycles. The number of hydrogen-bond acceptors (Lipinski definition) is 6. The van der Waals surface area contributed by atoms with Crippen LogP contribution < -0.4 is 16.4 Å². The van der Waals surface area contributed by atoms with Crippen molar-refractivity contribution in [1.29, 1.82) is 0 Å². The lowest BCUT2D eigenvalue weighted by Crippen LogP contribution is -2.51. The van der Waals surface area contributed by atoms with Gasteiger partial charge < -0.3 is 10.6 Å². The first kappa shape index (κ1) is 16.8. The van der Waals surface area contributed by atoms with Gasteiger partial charge in [0.25, 0.3) is 0 Å². The van der Waals surface area contributed by atoms with Crippen LogP contribution in [0, 0.1) is 20.8 Å². The van der Waals surface area contributed by atoms with Gasteiger partial charge >= 0.3 is 0 Å². The van der Waals surface area contributed by atoms with Crippen LogP contribution in [0.5, 0.6) is 0 Å². The van der Waals surface area contributed by atoms with E-state index in [1.165, 1.54) is 16.7 Å². The summed E-state index contributed by atoms with van der Waals surface area (Å²) in [6.07, 6.45) is 3.64. The van der Waals surface area contributed by atoms with Crippen molar-refractivity contribution in [2.24, 2.45) is 10.7 Å². The maximum Gasteiger partial charge on any atom is 0.210 e. The molecule has 0 bridgehead atoms. The van der Waals surface area contributed by atoms with E-state index in [-0.39, 0.29) is 0 Å².